The second-order valence-electron chi connectivity index (χ2n) is 2.65. The van der Waals surface area contributed by atoms with Gasteiger partial charge in [-0.2, -0.15) is 10.4 Å². The Labute approximate surface area is 86.0 Å². The molecule has 0 saturated carbocycles. The van der Waals surface area contributed by atoms with Gasteiger partial charge in [-0.15, -0.1) is 0 Å². The summed E-state index contributed by atoms with van der Waals surface area (Å²) in [5.41, 5.74) is 2.37. The molecule has 0 aromatic heterocycles. The van der Waals surface area contributed by atoms with Gasteiger partial charge in [-0.3, -0.25) is 4.79 Å². The predicted octanol–water partition coefficient (Wildman–Crippen LogP) is 1.19. The van der Waals surface area contributed by atoms with Crippen LogP contribution < -0.4 is 5.43 Å². The highest BCUT2D eigenvalue weighted by molar-refractivity contribution is 5.83. The van der Waals surface area contributed by atoms with Crippen molar-refractivity contribution in [2.24, 2.45) is 5.10 Å². The quantitative estimate of drug-likeness (QED) is 0.595. The van der Waals surface area contributed by atoms with E-state index in [0.717, 1.165) is 0 Å². The smallest absolute Gasteiger partial charge is 0.254 e. The molecule has 15 heavy (non-hydrogen) atoms. The number of hydrogen-bond donors (Lipinski definition) is 1. The molecule has 1 amide bonds. The molecule has 0 saturated heterocycles. The standard InChI is InChI=1S/C10H8FN3O/c11-9-4-2-1-3-8(9)7-13-14-10(15)5-6-12/h1-4,7H,5H2,(H,14,15)/b13-7-. The summed E-state index contributed by atoms with van der Waals surface area (Å²) < 4.78 is 13.0. The minimum absolute atomic E-state index is 0.269. The molecule has 1 aromatic rings. The fourth-order valence-corrected chi connectivity index (χ4v) is 0.865. The Balaban J connectivity index is 2.56. The van der Waals surface area contributed by atoms with Crippen LogP contribution in [0.25, 0.3) is 0 Å². The van der Waals surface area contributed by atoms with E-state index in [0.29, 0.717) is 0 Å². The highest BCUT2D eigenvalue weighted by Gasteiger charge is 1.97. The summed E-state index contributed by atoms with van der Waals surface area (Å²) in [6.07, 6.45) is 0.916. The zero-order valence-corrected chi connectivity index (χ0v) is 7.77. The lowest BCUT2D eigenvalue weighted by atomic mass is 10.2. The average Bonchev–Trinajstić information content (AvgIpc) is 2.21. The van der Waals surface area contributed by atoms with Gasteiger partial charge in [-0.25, -0.2) is 9.82 Å². The molecule has 0 bridgehead atoms. The van der Waals surface area contributed by atoms with E-state index in [1.807, 2.05) is 0 Å². The van der Waals surface area contributed by atoms with Crippen LogP contribution in [0.15, 0.2) is 29.4 Å². The Bertz CT molecular complexity index is 423. The maximum atomic E-state index is 13.0. The average molecular weight is 205 g/mol. The van der Waals surface area contributed by atoms with Crippen molar-refractivity contribution in [3.63, 3.8) is 0 Å². The molecule has 0 spiro atoms. The van der Waals surface area contributed by atoms with E-state index in [-0.39, 0.29) is 12.0 Å². The SMILES string of the molecule is N#CCC(=O)N/N=C\c1ccccc1F. The third-order valence-electron chi connectivity index (χ3n) is 1.54. The Kier molecular flexibility index (Phi) is 3.98. The molecule has 1 rings (SSSR count). The summed E-state index contributed by atoms with van der Waals surface area (Å²) in [6, 6.07) is 7.69. The minimum atomic E-state index is -0.523. The largest absolute Gasteiger partial charge is 0.272 e. The molecule has 1 N–H and O–H groups in total. The Morgan fingerprint density at radius 1 is 1.60 bits per heavy atom. The number of nitrogens with one attached hydrogen (secondary N) is 1. The van der Waals surface area contributed by atoms with E-state index in [9.17, 15) is 9.18 Å². The van der Waals surface area contributed by atoms with E-state index in [4.69, 9.17) is 5.26 Å². The number of amides is 1. The topological polar surface area (TPSA) is 65.2 Å². The number of carbonyl (C=O) groups excluding carboxylic acids is 1. The Morgan fingerprint density at radius 3 is 3.00 bits per heavy atom. The molecule has 0 atom stereocenters. The first-order valence-corrected chi connectivity index (χ1v) is 4.17. The summed E-state index contributed by atoms with van der Waals surface area (Å²) in [5, 5.41) is 11.7. The van der Waals surface area contributed by atoms with Gasteiger partial charge >= 0.3 is 0 Å². The highest BCUT2D eigenvalue weighted by atomic mass is 19.1. The number of nitriles is 1. The van der Waals surface area contributed by atoms with Gasteiger partial charge in [0.1, 0.15) is 12.2 Å². The molecule has 4 nitrogen and oxygen atoms in total. The van der Waals surface area contributed by atoms with Gasteiger partial charge in [-0.05, 0) is 6.07 Å². The normalized spacial score (nSPS) is 9.87. The maximum Gasteiger partial charge on any atom is 0.254 e. The van der Waals surface area contributed by atoms with Crippen LogP contribution in [0.4, 0.5) is 4.39 Å². The van der Waals surface area contributed by atoms with Gasteiger partial charge in [0.2, 0.25) is 0 Å². The van der Waals surface area contributed by atoms with Gasteiger partial charge < -0.3 is 0 Å². The maximum absolute atomic E-state index is 13.0. The van der Waals surface area contributed by atoms with Gasteiger partial charge in [0.25, 0.3) is 5.91 Å². The van der Waals surface area contributed by atoms with Crippen LogP contribution in [-0.4, -0.2) is 12.1 Å². The fraction of sp³-hybridized carbons (Fsp3) is 0.100. The van der Waals surface area contributed by atoms with E-state index in [1.165, 1.54) is 18.3 Å². The third-order valence-corrected chi connectivity index (χ3v) is 1.54. The number of benzene rings is 1. The van der Waals surface area contributed by atoms with E-state index < -0.39 is 11.7 Å². The second kappa shape index (κ2) is 5.50. The van der Waals surface area contributed by atoms with Crippen molar-refractivity contribution >= 4 is 12.1 Å². The van der Waals surface area contributed by atoms with Crippen LogP contribution in [-0.2, 0) is 4.79 Å². The van der Waals surface area contributed by atoms with E-state index in [1.54, 1.807) is 18.2 Å². The van der Waals surface area contributed by atoms with Crippen molar-refractivity contribution in [1.82, 2.24) is 5.43 Å². The number of carbonyl (C=O) groups is 1. The van der Waals surface area contributed by atoms with Crippen LogP contribution in [0, 0.1) is 17.1 Å². The summed E-state index contributed by atoms with van der Waals surface area (Å²) in [5.74, 6) is -0.944. The van der Waals surface area contributed by atoms with Crippen molar-refractivity contribution in [1.29, 1.82) is 5.26 Å². The zero-order chi connectivity index (χ0) is 11.1. The molecule has 5 heteroatoms. The van der Waals surface area contributed by atoms with Crippen LogP contribution in [0.5, 0.6) is 0 Å². The van der Waals surface area contributed by atoms with Crippen LogP contribution in [0.1, 0.15) is 12.0 Å². The third kappa shape index (κ3) is 3.56. The van der Waals surface area contributed by atoms with Crippen LogP contribution in [0.3, 0.4) is 0 Å². The van der Waals surface area contributed by atoms with Gasteiger partial charge in [0, 0.05) is 5.56 Å². The van der Waals surface area contributed by atoms with Crippen molar-refractivity contribution in [3.8, 4) is 6.07 Å². The Hall–Kier alpha value is -2.22. The van der Waals surface area contributed by atoms with Crippen molar-refractivity contribution in [2.75, 3.05) is 0 Å². The Morgan fingerprint density at radius 2 is 2.33 bits per heavy atom. The van der Waals surface area contributed by atoms with Gasteiger partial charge in [0.15, 0.2) is 0 Å². The summed E-state index contributed by atoms with van der Waals surface area (Å²) in [4.78, 5) is 10.8. The molecular formula is C10H8FN3O. The fourth-order valence-electron chi connectivity index (χ4n) is 0.865. The lowest BCUT2D eigenvalue weighted by Gasteiger charge is -1.95. The van der Waals surface area contributed by atoms with E-state index >= 15 is 0 Å². The number of hydrazone groups is 1. The van der Waals surface area contributed by atoms with Gasteiger partial charge in [-0.1, -0.05) is 18.2 Å². The molecule has 0 heterocycles. The monoisotopic (exact) mass is 205 g/mol. The summed E-state index contributed by atoms with van der Waals surface area (Å²) in [6.45, 7) is 0. The summed E-state index contributed by atoms with van der Waals surface area (Å²) >= 11 is 0. The molecule has 1 aromatic carbocycles. The highest BCUT2D eigenvalue weighted by Crippen LogP contribution is 2.02. The van der Waals surface area contributed by atoms with Crippen LogP contribution >= 0.6 is 0 Å². The molecule has 0 radical (unpaired) electrons. The van der Waals surface area contributed by atoms with Crippen molar-refractivity contribution in [2.45, 2.75) is 6.42 Å². The first kappa shape index (κ1) is 10.9. The van der Waals surface area contributed by atoms with Gasteiger partial charge in [0.05, 0.1) is 12.3 Å². The molecule has 0 aliphatic heterocycles. The van der Waals surface area contributed by atoms with Crippen molar-refractivity contribution in [3.05, 3.63) is 35.6 Å². The predicted molar refractivity (Wildman–Crippen MR) is 52.4 cm³/mol. The lowest BCUT2D eigenvalue weighted by Crippen LogP contribution is -2.16. The number of halogens is 1. The molecule has 0 aliphatic rings. The first-order valence-electron chi connectivity index (χ1n) is 4.17. The lowest BCUT2D eigenvalue weighted by molar-refractivity contribution is -0.120. The number of rotatable bonds is 3. The van der Waals surface area contributed by atoms with Crippen molar-refractivity contribution < 1.29 is 9.18 Å². The molecular weight excluding hydrogens is 197 g/mol. The number of hydrogen-bond acceptors (Lipinski definition) is 3. The van der Waals surface area contributed by atoms with Crippen LogP contribution in [0.2, 0.25) is 0 Å². The molecule has 0 aliphatic carbocycles. The second-order valence-corrected chi connectivity index (χ2v) is 2.65. The zero-order valence-electron chi connectivity index (χ0n) is 7.77. The van der Waals surface area contributed by atoms with E-state index in [2.05, 4.69) is 10.5 Å². The molecule has 76 valence electrons. The molecule has 0 fully saturated rings. The minimum Gasteiger partial charge on any atom is -0.272 e. The number of nitrogens with zero attached hydrogens (tertiary/aromatic N) is 2. The summed E-state index contributed by atoms with van der Waals surface area (Å²) in [7, 11) is 0. The molecule has 0 unspecified atom stereocenters. The first-order chi connectivity index (χ1) is 7.24.